The van der Waals surface area contributed by atoms with Crippen molar-refractivity contribution < 1.29 is 19.4 Å². The number of aromatic nitrogens is 1. The molecule has 1 saturated heterocycles. The van der Waals surface area contributed by atoms with Crippen molar-refractivity contribution in [2.45, 2.75) is 26.3 Å². The molecular weight excluding hydrogens is 394 g/mol. The number of methoxy groups -OCH3 is 1. The van der Waals surface area contributed by atoms with E-state index in [-0.39, 0.29) is 11.3 Å². The van der Waals surface area contributed by atoms with Crippen LogP contribution in [0, 0.1) is 0 Å². The van der Waals surface area contributed by atoms with Crippen LogP contribution >= 0.6 is 0 Å². The number of hydrogen-bond donors (Lipinski definition) is 1. The SMILES string of the molecule is CCN(CC)CCCN1C(=O)C(=O)C(=C(O)c2ccc(OC)cc2)[C@H]1c1ccncc1. The lowest BCUT2D eigenvalue weighted by atomic mass is 9.96. The molecule has 7 nitrogen and oxygen atoms in total. The molecule has 164 valence electrons. The molecule has 2 heterocycles. The maximum Gasteiger partial charge on any atom is 0.295 e. The van der Waals surface area contributed by atoms with E-state index in [9.17, 15) is 14.7 Å². The van der Waals surface area contributed by atoms with Gasteiger partial charge in [0.1, 0.15) is 11.5 Å². The van der Waals surface area contributed by atoms with Gasteiger partial charge in [-0.25, -0.2) is 0 Å². The molecule has 0 aliphatic carbocycles. The van der Waals surface area contributed by atoms with E-state index in [1.807, 2.05) is 0 Å². The van der Waals surface area contributed by atoms with Gasteiger partial charge in [-0.15, -0.1) is 0 Å². The maximum absolute atomic E-state index is 13.0. The molecule has 1 aliphatic rings. The minimum atomic E-state index is -0.669. The number of rotatable bonds is 9. The van der Waals surface area contributed by atoms with E-state index in [4.69, 9.17) is 4.74 Å². The molecule has 1 aromatic carbocycles. The first kappa shape index (κ1) is 22.5. The monoisotopic (exact) mass is 423 g/mol. The maximum atomic E-state index is 13.0. The Kier molecular flexibility index (Phi) is 7.41. The Balaban J connectivity index is 1.98. The van der Waals surface area contributed by atoms with Gasteiger partial charge in [0.2, 0.25) is 0 Å². The highest BCUT2D eigenvalue weighted by Crippen LogP contribution is 2.39. The second-order valence-electron chi connectivity index (χ2n) is 7.38. The van der Waals surface area contributed by atoms with Crippen molar-refractivity contribution in [1.29, 1.82) is 0 Å². The van der Waals surface area contributed by atoms with Gasteiger partial charge >= 0.3 is 0 Å². The fraction of sp³-hybridized carbons (Fsp3) is 0.375. The molecule has 1 aliphatic heterocycles. The topological polar surface area (TPSA) is 83.0 Å². The van der Waals surface area contributed by atoms with Crippen LogP contribution in [0.4, 0.5) is 0 Å². The van der Waals surface area contributed by atoms with Crippen molar-refractivity contribution in [2.75, 3.05) is 33.3 Å². The molecule has 1 amide bonds. The first-order valence-electron chi connectivity index (χ1n) is 10.6. The Labute approximate surface area is 183 Å². The smallest absolute Gasteiger partial charge is 0.295 e. The van der Waals surface area contributed by atoms with E-state index in [2.05, 4.69) is 23.7 Å². The molecule has 0 unspecified atom stereocenters. The van der Waals surface area contributed by atoms with Crippen molar-refractivity contribution >= 4 is 17.4 Å². The largest absolute Gasteiger partial charge is 0.507 e. The zero-order chi connectivity index (χ0) is 22.4. The van der Waals surface area contributed by atoms with Crippen LogP contribution in [0.2, 0.25) is 0 Å². The fourth-order valence-corrected chi connectivity index (χ4v) is 3.91. The summed E-state index contributed by atoms with van der Waals surface area (Å²) in [5.74, 6) is -0.803. The van der Waals surface area contributed by atoms with Gasteiger partial charge in [-0.05, 0) is 68.0 Å². The van der Waals surface area contributed by atoms with Crippen molar-refractivity contribution in [1.82, 2.24) is 14.8 Å². The summed E-state index contributed by atoms with van der Waals surface area (Å²) in [6.45, 7) is 7.31. The molecule has 0 saturated carbocycles. The van der Waals surface area contributed by atoms with E-state index in [1.165, 1.54) is 0 Å². The van der Waals surface area contributed by atoms with E-state index in [1.54, 1.807) is 60.8 Å². The summed E-state index contributed by atoms with van der Waals surface area (Å²) in [5, 5.41) is 11.0. The van der Waals surface area contributed by atoms with Crippen LogP contribution in [-0.2, 0) is 9.59 Å². The number of carbonyl (C=O) groups is 2. The quantitative estimate of drug-likeness (QED) is 0.379. The van der Waals surface area contributed by atoms with Crippen LogP contribution < -0.4 is 4.74 Å². The minimum Gasteiger partial charge on any atom is -0.507 e. The second-order valence-corrected chi connectivity index (χ2v) is 7.38. The Hall–Kier alpha value is -3.19. The summed E-state index contributed by atoms with van der Waals surface area (Å²) in [4.78, 5) is 33.8. The molecular formula is C24H29N3O4. The van der Waals surface area contributed by atoms with Gasteiger partial charge in [0, 0.05) is 24.5 Å². The lowest BCUT2D eigenvalue weighted by Gasteiger charge is -2.26. The van der Waals surface area contributed by atoms with Crippen LogP contribution in [0.25, 0.3) is 5.76 Å². The van der Waals surface area contributed by atoms with Gasteiger partial charge in [-0.3, -0.25) is 14.6 Å². The molecule has 3 rings (SSSR count). The lowest BCUT2D eigenvalue weighted by Crippen LogP contribution is -2.33. The predicted octanol–water partition coefficient (Wildman–Crippen LogP) is 3.24. The first-order chi connectivity index (χ1) is 15.0. The Morgan fingerprint density at radius 3 is 2.32 bits per heavy atom. The zero-order valence-corrected chi connectivity index (χ0v) is 18.2. The second kappa shape index (κ2) is 10.2. The third-order valence-electron chi connectivity index (χ3n) is 5.69. The Morgan fingerprint density at radius 2 is 1.74 bits per heavy atom. The molecule has 1 aromatic heterocycles. The molecule has 1 N–H and O–H groups in total. The minimum absolute atomic E-state index is 0.101. The van der Waals surface area contributed by atoms with Crippen LogP contribution in [0.1, 0.15) is 37.4 Å². The number of Topliss-reactive ketones (excluding diaryl/α,β-unsaturated/α-hetero) is 1. The standard InChI is InChI=1S/C24H29N3O4/c1-4-26(5-2)15-6-16-27-21(17-11-13-25-14-12-17)20(23(29)24(27)30)22(28)18-7-9-19(31-3)10-8-18/h7-14,21,28H,4-6,15-16H2,1-3H3/t21-/m1/s1. The summed E-state index contributed by atoms with van der Waals surface area (Å²) >= 11 is 0. The van der Waals surface area contributed by atoms with Crippen LogP contribution in [0.5, 0.6) is 5.75 Å². The highest BCUT2D eigenvalue weighted by molar-refractivity contribution is 6.46. The van der Waals surface area contributed by atoms with E-state index < -0.39 is 17.7 Å². The molecule has 2 aromatic rings. The average Bonchev–Trinajstić information content (AvgIpc) is 3.07. The number of carbonyl (C=O) groups excluding carboxylic acids is 2. The van der Waals surface area contributed by atoms with E-state index in [0.29, 0.717) is 17.9 Å². The Bertz CT molecular complexity index is 937. The summed E-state index contributed by atoms with van der Waals surface area (Å²) in [7, 11) is 1.56. The fourth-order valence-electron chi connectivity index (χ4n) is 3.91. The summed E-state index contributed by atoms with van der Waals surface area (Å²) < 4.78 is 5.16. The van der Waals surface area contributed by atoms with Gasteiger partial charge in [-0.1, -0.05) is 13.8 Å². The normalized spacial score (nSPS) is 18.1. The van der Waals surface area contributed by atoms with Gasteiger partial charge in [0.15, 0.2) is 0 Å². The van der Waals surface area contributed by atoms with Crippen molar-refractivity contribution in [3.63, 3.8) is 0 Å². The summed E-state index contributed by atoms with van der Waals surface area (Å²) in [6.07, 6.45) is 3.98. The van der Waals surface area contributed by atoms with Crippen molar-refractivity contribution in [3.8, 4) is 5.75 Å². The zero-order valence-electron chi connectivity index (χ0n) is 18.2. The molecule has 0 radical (unpaired) electrons. The number of aliphatic hydroxyl groups excluding tert-OH is 1. The van der Waals surface area contributed by atoms with Crippen LogP contribution in [-0.4, -0.2) is 64.9 Å². The predicted molar refractivity (Wildman–Crippen MR) is 119 cm³/mol. The van der Waals surface area contributed by atoms with Crippen molar-refractivity contribution in [3.05, 3.63) is 65.5 Å². The molecule has 0 spiro atoms. The molecule has 1 atom stereocenters. The van der Waals surface area contributed by atoms with Gasteiger partial charge < -0.3 is 19.6 Å². The molecule has 0 bridgehead atoms. The molecule has 31 heavy (non-hydrogen) atoms. The summed E-state index contributed by atoms with van der Waals surface area (Å²) in [6, 6.07) is 9.65. The number of aliphatic hydroxyl groups is 1. The number of nitrogens with zero attached hydrogens (tertiary/aromatic N) is 3. The van der Waals surface area contributed by atoms with Gasteiger partial charge in [0.05, 0.1) is 18.7 Å². The number of pyridine rings is 1. The van der Waals surface area contributed by atoms with Gasteiger partial charge in [-0.2, -0.15) is 0 Å². The summed E-state index contributed by atoms with van der Waals surface area (Å²) in [5.41, 5.74) is 1.30. The highest BCUT2D eigenvalue weighted by atomic mass is 16.5. The van der Waals surface area contributed by atoms with E-state index in [0.717, 1.165) is 31.6 Å². The number of benzene rings is 1. The average molecular weight is 424 g/mol. The van der Waals surface area contributed by atoms with Gasteiger partial charge in [0.25, 0.3) is 11.7 Å². The number of likely N-dealkylation sites (tertiary alicyclic amines) is 1. The number of ether oxygens (including phenoxy) is 1. The van der Waals surface area contributed by atoms with Crippen LogP contribution in [0.15, 0.2) is 54.4 Å². The first-order valence-corrected chi connectivity index (χ1v) is 10.6. The lowest BCUT2D eigenvalue weighted by molar-refractivity contribution is -0.140. The highest BCUT2D eigenvalue weighted by Gasteiger charge is 2.45. The number of hydrogen-bond acceptors (Lipinski definition) is 6. The number of ketones is 1. The molecule has 1 fully saturated rings. The third kappa shape index (κ3) is 4.77. The third-order valence-corrected chi connectivity index (χ3v) is 5.69. The van der Waals surface area contributed by atoms with E-state index >= 15 is 0 Å². The van der Waals surface area contributed by atoms with Crippen molar-refractivity contribution in [2.24, 2.45) is 0 Å². The Morgan fingerprint density at radius 1 is 1.10 bits per heavy atom. The molecule has 7 heteroatoms. The van der Waals surface area contributed by atoms with Crippen LogP contribution in [0.3, 0.4) is 0 Å². The number of amides is 1.